The van der Waals surface area contributed by atoms with Gasteiger partial charge < -0.3 is 9.30 Å². The molecule has 2 heterocycles. The van der Waals surface area contributed by atoms with Gasteiger partial charge in [0.1, 0.15) is 11.6 Å². The minimum absolute atomic E-state index is 0.665. The molecule has 30 heavy (non-hydrogen) atoms. The molecule has 0 radical (unpaired) electrons. The van der Waals surface area contributed by atoms with E-state index in [0.717, 1.165) is 51.3 Å². The van der Waals surface area contributed by atoms with Crippen molar-refractivity contribution in [3.05, 3.63) is 82.8 Å². The molecule has 0 spiro atoms. The summed E-state index contributed by atoms with van der Waals surface area (Å²) < 4.78 is 8.45. The lowest BCUT2D eigenvalue weighted by Gasteiger charge is -2.10. The molecule has 0 amide bonds. The zero-order chi connectivity index (χ0) is 20.5. The maximum absolute atomic E-state index is 5.27. The zero-order valence-electron chi connectivity index (χ0n) is 16.4. The average molecular weight is 459 g/mol. The van der Waals surface area contributed by atoms with Gasteiger partial charge in [0.15, 0.2) is 11.3 Å². The van der Waals surface area contributed by atoms with Crippen molar-refractivity contribution >= 4 is 38.3 Å². The number of nitrogens with zero attached hydrogens (tertiary/aromatic N) is 4. The van der Waals surface area contributed by atoms with E-state index in [4.69, 9.17) is 19.7 Å². The van der Waals surface area contributed by atoms with Crippen LogP contribution in [-0.4, -0.2) is 26.6 Å². The van der Waals surface area contributed by atoms with E-state index in [1.54, 1.807) is 7.11 Å². The van der Waals surface area contributed by atoms with Crippen LogP contribution < -0.4 is 4.74 Å². The Bertz CT molecular complexity index is 1340. The highest BCUT2D eigenvalue weighted by molar-refractivity contribution is 9.10. The van der Waals surface area contributed by atoms with E-state index in [1.807, 2.05) is 48.5 Å². The van der Waals surface area contributed by atoms with Gasteiger partial charge in [0.2, 0.25) is 0 Å². The number of benzene rings is 3. The molecule has 2 aromatic heterocycles. The normalized spacial score (nSPS) is 11.3. The van der Waals surface area contributed by atoms with Crippen molar-refractivity contribution in [3.8, 4) is 17.1 Å². The second-order valence-electron chi connectivity index (χ2n) is 7.06. The second kappa shape index (κ2) is 7.88. The van der Waals surface area contributed by atoms with Gasteiger partial charge in [0.25, 0.3) is 0 Å². The number of para-hydroxylation sites is 2. The second-order valence-corrected chi connectivity index (χ2v) is 7.97. The summed E-state index contributed by atoms with van der Waals surface area (Å²) in [4.78, 5) is 14.5. The minimum atomic E-state index is 0.665. The maximum Gasteiger partial charge on any atom is 0.198 e. The van der Waals surface area contributed by atoms with Crippen LogP contribution >= 0.6 is 15.9 Å². The third kappa shape index (κ3) is 3.55. The summed E-state index contributed by atoms with van der Waals surface area (Å²) in [7, 11) is 1.68. The number of aryl methyl sites for hydroxylation is 2. The highest BCUT2D eigenvalue weighted by Crippen LogP contribution is 2.27. The Labute approximate surface area is 182 Å². The fraction of sp³-hybridized carbons (Fsp3) is 0.125. The highest BCUT2D eigenvalue weighted by atomic mass is 79.9. The lowest BCUT2D eigenvalue weighted by Crippen LogP contribution is -2.05. The van der Waals surface area contributed by atoms with Crippen molar-refractivity contribution in [1.29, 1.82) is 0 Å². The molecule has 0 aliphatic heterocycles. The van der Waals surface area contributed by atoms with E-state index >= 15 is 0 Å². The molecule has 5 rings (SSSR count). The van der Waals surface area contributed by atoms with Crippen molar-refractivity contribution in [3.63, 3.8) is 0 Å². The number of fused-ring (bicyclic) bond motifs is 2. The Morgan fingerprint density at radius 2 is 1.63 bits per heavy atom. The summed E-state index contributed by atoms with van der Waals surface area (Å²) in [6.07, 6.45) is 0.852. The summed E-state index contributed by atoms with van der Waals surface area (Å²) in [6.45, 7) is 0.748. The van der Waals surface area contributed by atoms with Gasteiger partial charge in [0.05, 0.1) is 18.1 Å². The standard InChI is InChI=1S/C24H19BrN4O/c1-30-19-11-9-16(10-12-19)13-14-29-23(17-5-4-6-18(25)15-17)28-22-24(29)27-21-8-3-2-7-20(21)26-22/h2-12,15H,13-14H2,1H3. The average Bonchev–Trinajstić information content (AvgIpc) is 3.14. The van der Waals surface area contributed by atoms with Gasteiger partial charge in [-0.05, 0) is 48.4 Å². The number of methoxy groups -OCH3 is 1. The summed E-state index contributed by atoms with van der Waals surface area (Å²) >= 11 is 3.57. The molecule has 0 N–H and O–H groups in total. The van der Waals surface area contributed by atoms with Crippen molar-refractivity contribution in [2.24, 2.45) is 0 Å². The van der Waals surface area contributed by atoms with Crippen molar-refractivity contribution in [2.45, 2.75) is 13.0 Å². The molecule has 0 bridgehead atoms. The first-order valence-corrected chi connectivity index (χ1v) is 10.5. The molecule has 3 aromatic carbocycles. The number of hydrogen-bond acceptors (Lipinski definition) is 4. The van der Waals surface area contributed by atoms with Gasteiger partial charge in [-0.3, -0.25) is 0 Å². The molecule has 0 saturated carbocycles. The molecular weight excluding hydrogens is 440 g/mol. The molecule has 0 aliphatic rings. The van der Waals surface area contributed by atoms with Crippen LogP contribution in [0.2, 0.25) is 0 Å². The SMILES string of the molecule is COc1ccc(CCn2c(-c3cccc(Br)c3)nc3nc4ccccc4nc32)cc1. The quantitative estimate of drug-likeness (QED) is 0.340. The first-order valence-electron chi connectivity index (χ1n) is 9.73. The van der Waals surface area contributed by atoms with Crippen molar-refractivity contribution in [2.75, 3.05) is 7.11 Å². The number of ether oxygens (including phenoxy) is 1. The lowest BCUT2D eigenvalue weighted by molar-refractivity contribution is 0.414. The third-order valence-electron chi connectivity index (χ3n) is 5.12. The van der Waals surface area contributed by atoms with E-state index in [9.17, 15) is 0 Å². The van der Waals surface area contributed by atoms with Gasteiger partial charge in [-0.1, -0.05) is 52.3 Å². The smallest absolute Gasteiger partial charge is 0.198 e. The molecule has 0 saturated heterocycles. The zero-order valence-corrected chi connectivity index (χ0v) is 18.0. The van der Waals surface area contributed by atoms with Gasteiger partial charge in [0, 0.05) is 16.6 Å². The van der Waals surface area contributed by atoms with E-state index in [0.29, 0.717) is 5.65 Å². The number of hydrogen-bond donors (Lipinski definition) is 0. The largest absolute Gasteiger partial charge is 0.497 e. The maximum atomic E-state index is 5.27. The molecule has 0 aliphatic carbocycles. The Hall–Kier alpha value is -3.25. The van der Waals surface area contributed by atoms with Gasteiger partial charge in [-0.25, -0.2) is 15.0 Å². The fourth-order valence-electron chi connectivity index (χ4n) is 3.59. The van der Waals surface area contributed by atoms with Crippen LogP contribution in [0, 0.1) is 0 Å². The molecule has 0 atom stereocenters. The molecule has 0 unspecified atom stereocenters. The highest BCUT2D eigenvalue weighted by Gasteiger charge is 2.16. The number of halogens is 1. The first-order chi connectivity index (χ1) is 14.7. The van der Waals surface area contributed by atoms with Gasteiger partial charge in [-0.15, -0.1) is 0 Å². The summed E-state index contributed by atoms with van der Waals surface area (Å²) in [5.74, 6) is 1.73. The van der Waals surface area contributed by atoms with E-state index in [2.05, 4.69) is 44.8 Å². The molecular formula is C24H19BrN4O. The lowest BCUT2D eigenvalue weighted by atomic mass is 10.1. The Morgan fingerprint density at radius 3 is 2.37 bits per heavy atom. The number of imidazole rings is 1. The fourth-order valence-corrected chi connectivity index (χ4v) is 3.99. The molecule has 6 heteroatoms. The Morgan fingerprint density at radius 1 is 0.867 bits per heavy atom. The number of rotatable bonds is 5. The van der Waals surface area contributed by atoms with Crippen LogP contribution in [0.5, 0.6) is 5.75 Å². The minimum Gasteiger partial charge on any atom is -0.497 e. The van der Waals surface area contributed by atoms with Crippen LogP contribution in [0.3, 0.4) is 0 Å². The van der Waals surface area contributed by atoms with Crippen LogP contribution in [-0.2, 0) is 13.0 Å². The Balaban J connectivity index is 1.62. The van der Waals surface area contributed by atoms with Crippen molar-refractivity contribution < 1.29 is 4.74 Å². The van der Waals surface area contributed by atoms with Crippen molar-refractivity contribution in [1.82, 2.24) is 19.5 Å². The topological polar surface area (TPSA) is 52.8 Å². The van der Waals surface area contributed by atoms with Crippen LogP contribution in [0.15, 0.2) is 77.3 Å². The van der Waals surface area contributed by atoms with Gasteiger partial charge >= 0.3 is 0 Å². The Kier molecular flexibility index (Phi) is 4.93. The predicted octanol–water partition coefficient (Wildman–Crippen LogP) is 5.66. The van der Waals surface area contributed by atoms with Crippen LogP contribution in [0.4, 0.5) is 0 Å². The molecule has 5 nitrogen and oxygen atoms in total. The summed E-state index contributed by atoms with van der Waals surface area (Å²) in [6, 6.07) is 24.2. The molecule has 0 fully saturated rings. The third-order valence-corrected chi connectivity index (χ3v) is 5.62. The molecule has 5 aromatic rings. The van der Waals surface area contributed by atoms with Gasteiger partial charge in [-0.2, -0.15) is 0 Å². The summed E-state index contributed by atoms with van der Waals surface area (Å²) in [5.41, 5.74) is 5.45. The van der Waals surface area contributed by atoms with Crippen LogP contribution in [0.1, 0.15) is 5.56 Å². The first kappa shape index (κ1) is 18.8. The predicted molar refractivity (Wildman–Crippen MR) is 123 cm³/mol. The monoisotopic (exact) mass is 458 g/mol. The van der Waals surface area contributed by atoms with E-state index in [1.165, 1.54) is 5.56 Å². The molecule has 148 valence electrons. The van der Waals surface area contributed by atoms with Crippen LogP contribution in [0.25, 0.3) is 33.7 Å². The van der Waals surface area contributed by atoms with E-state index < -0.39 is 0 Å². The number of aromatic nitrogens is 4. The summed E-state index contributed by atoms with van der Waals surface area (Å²) in [5, 5.41) is 0. The van der Waals surface area contributed by atoms with E-state index in [-0.39, 0.29) is 0 Å².